The van der Waals surface area contributed by atoms with Crippen molar-refractivity contribution in [2.24, 2.45) is 0 Å². The van der Waals surface area contributed by atoms with Crippen LogP contribution in [-0.4, -0.2) is 36.7 Å². The average molecular weight is 393 g/mol. The first-order valence-electron chi connectivity index (χ1n) is 7.26. The van der Waals surface area contributed by atoms with Crippen molar-refractivity contribution in [3.8, 4) is 0 Å². The number of halogens is 1. The highest BCUT2D eigenvalue weighted by atomic mass is 79.9. The molecule has 2 aromatic carbocycles. The Kier molecular flexibility index (Phi) is 6.77. The van der Waals surface area contributed by atoms with Crippen LogP contribution < -0.4 is 10.6 Å². The highest BCUT2D eigenvalue weighted by molar-refractivity contribution is 9.10. The van der Waals surface area contributed by atoms with Crippen molar-refractivity contribution < 1.29 is 19.4 Å². The second-order valence-electron chi connectivity index (χ2n) is 4.83. The highest BCUT2D eigenvalue weighted by Gasteiger charge is 2.14. The third-order valence-electron chi connectivity index (χ3n) is 3.02. The van der Waals surface area contributed by atoms with E-state index in [9.17, 15) is 9.59 Å². The van der Waals surface area contributed by atoms with Crippen LogP contribution in [0.1, 0.15) is 10.4 Å². The molecule has 6 nitrogen and oxygen atoms in total. The second kappa shape index (κ2) is 9.05. The van der Waals surface area contributed by atoms with E-state index in [0.717, 1.165) is 4.47 Å². The molecule has 0 saturated carbocycles. The van der Waals surface area contributed by atoms with Crippen molar-refractivity contribution in [2.75, 3.05) is 30.4 Å². The Bertz CT molecular complexity index is 721. The van der Waals surface area contributed by atoms with Crippen LogP contribution in [0, 0.1) is 0 Å². The zero-order valence-corrected chi connectivity index (χ0v) is 14.4. The molecule has 0 radical (unpaired) electrons. The largest absolute Gasteiger partial charge is 0.452 e. The zero-order chi connectivity index (χ0) is 17.4. The van der Waals surface area contributed by atoms with E-state index in [4.69, 9.17) is 9.84 Å². The average Bonchev–Trinajstić information content (AvgIpc) is 2.58. The van der Waals surface area contributed by atoms with Gasteiger partial charge in [0, 0.05) is 22.4 Å². The van der Waals surface area contributed by atoms with Crippen LogP contribution in [0.15, 0.2) is 53.0 Å². The molecular formula is C17H17BrN2O4. The van der Waals surface area contributed by atoms with E-state index in [2.05, 4.69) is 26.6 Å². The number of benzene rings is 2. The molecule has 0 unspecified atom stereocenters. The summed E-state index contributed by atoms with van der Waals surface area (Å²) >= 11 is 3.31. The third-order valence-corrected chi connectivity index (χ3v) is 3.51. The van der Waals surface area contributed by atoms with Crippen LogP contribution in [0.25, 0.3) is 0 Å². The Morgan fingerprint density at radius 1 is 1.12 bits per heavy atom. The molecule has 0 aliphatic heterocycles. The van der Waals surface area contributed by atoms with Gasteiger partial charge in [0.1, 0.15) is 0 Å². The molecule has 0 aliphatic rings. The van der Waals surface area contributed by atoms with Crippen LogP contribution in [0.4, 0.5) is 11.4 Å². The number of hydrogen-bond acceptors (Lipinski definition) is 5. The van der Waals surface area contributed by atoms with Crippen molar-refractivity contribution in [3.05, 3.63) is 58.6 Å². The van der Waals surface area contributed by atoms with Gasteiger partial charge < -0.3 is 20.5 Å². The number of amides is 1. The number of aliphatic hydroxyl groups is 1. The summed E-state index contributed by atoms with van der Waals surface area (Å²) in [5.74, 6) is -1.04. The first kappa shape index (κ1) is 18.0. The van der Waals surface area contributed by atoms with Crippen molar-refractivity contribution in [3.63, 3.8) is 0 Å². The molecule has 0 spiro atoms. The Balaban J connectivity index is 1.92. The fourth-order valence-electron chi connectivity index (χ4n) is 1.98. The maximum Gasteiger partial charge on any atom is 0.340 e. The summed E-state index contributed by atoms with van der Waals surface area (Å²) in [5, 5.41) is 14.4. The molecule has 0 heterocycles. The van der Waals surface area contributed by atoms with Crippen molar-refractivity contribution in [2.45, 2.75) is 0 Å². The molecule has 24 heavy (non-hydrogen) atoms. The van der Waals surface area contributed by atoms with Crippen LogP contribution in [0.5, 0.6) is 0 Å². The number of aliphatic hydroxyl groups excluding tert-OH is 1. The van der Waals surface area contributed by atoms with Crippen molar-refractivity contribution >= 4 is 39.2 Å². The SMILES string of the molecule is O=C(COC(=O)c1ccccc1NCCO)Nc1cccc(Br)c1. The van der Waals surface area contributed by atoms with E-state index in [0.29, 0.717) is 23.5 Å². The molecule has 0 bridgehead atoms. The molecule has 3 N–H and O–H groups in total. The van der Waals surface area contributed by atoms with E-state index in [1.165, 1.54) is 0 Å². The fraction of sp³-hybridized carbons (Fsp3) is 0.176. The van der Waals surface area contributed by atoms with Gasteiger partial charge in [-0.15, -0.1) is 0 Å². The number of ether oxygens (including phenoxy) is 1. The van der Waals surface area contributed by atoms with E-state index in [-0.39, 0.29) is 13.2 Å². The first-order chi connectivity index (χ1) is 11.6. The van der Waals surface area contributed by atoms with Gasteiger partial charge in [0.15, 0.2) is 6.61 Å². The second-order valence-corrected chi connectivity index (χ2v) is 5.75. The van der Waals surface area contributed by atoms with Gasteiger partial charge in [-0.1, -0.05) is 34.1 Å². The van der Waals surface area contributed by atoms with Crippen LogP contribution in [-0.2, 0) is 9.53 Å². The molecule has 0 atom stereocenters. The van der Waals surface area contributed by atoms with Crippen LogP contribution in [0.2, 0.25) is 0 Å². The summed E-state index contributed by atoms with van der Waals surface area (Å²) in [6, 6.07) is 13.9. The summed E-state index contributed by atoms with van der Waals surface area (Å²) in [6.07, 6.45) is 0. The Morgan fingerprint density at radius 2 is 1.92 bits per heavy atom. The van der Waals surface area contributed by atoms with Crippen LogP contribution >= 0.6 is 15.9 Å². The van der Waals surface area contributed by atoms with E-state index in [1.807, 2.05) is 6.07 Å². The van der Waals surface area contributed by atoms with Gasteiger partial charge in [0.05, 0.1) is 12.2 Å². The smallest absolute Gasteiger partial charge is 0.340 e. The highest BCUT2D eigenvalue weighted by Crippen LogP contribution is 2.17. The van der Waals surface area contributed by atoms with Gasteiger partial charge in [-0.2, -0.15) is 0 Å². The summed E-state index contributed by atoms with van der Waals surface area (Å²) < 4.78 is 5.88. The monoisotopic (exact) mass is 392 g/mol. The number of rotatable bonds is 7. The summed E-state index contributed by atoms with van der Waals surface area (Å²) in [7, 11) is 0. The van der Waals surface area contributed by atoms with E-state index >= 15 is 0 Å². The van der Waals surface area contributed by atoms with Gasteiger partial charge in [-0.25, -0.2) is 4.79 Å². The Hall–Kier alpha value is -2.38. The van der Waals surface area contributed by atoms with Gasteiger partial charge in [-0.05, 0) is 30.3 Å². The third kappa shape index (κ3) is 5.36. The molecule has 0 aromatic heterocycles. The molecule has 7 heteroatoms. The number of anilines is 2. The lowest BCUT2D eigenvalue weighted by Crippen LogP contribution is -2.21. The fourth-order valence-corrected chi connectivity index (χ4v) is 2.38. The Morgan fingerprint density at radius 3 is 2.67 bits per heavy atom. The van der Waals surface area contributed by atoms with E-state index in [1.54, 1.807) is 42.5 Å². The predicted octanol–water partition coefficient (Wildman–Crippen LogP) is 2.65. The van der Waals surface area contributed by atoms with Gasteiger partial charge in [0.25, 0.3) is 5.91 Å². The van der Waals surface area contributed by atoms with Crippen molar-refractivity contribution in [1.82, 2.24) is 0 Å². The maximum absolute atomic E-state index is 12.1. The normalized spacial score (nSPS) is 10.1. The quantitative estimate of drug-likeness (QED) is 0.630. The molecule has 0 saturated heterocycles. The van der Waals surface area contributed by atoms with Crippen molar-refractivity contribution in [1.29, 1.82) is 0 Å². The van der Waals surface area contributed by atoms with Crippen LogP contribution in [0.3, 0.4) is 0 Å². The van der Waals surface area contributed by atoms with E-state index < -0.39 is 11.9 Å². The first-order valence-corrected chi connectivity index (χ1v) is 8.06. The molecule has 2 aromatic rings. The van der Waals surface area contributed by atoms with Gasteiger partial charge in [-0.3, -0.25) is 4.79 Å². The molecular weight excluding hydrogens is 376 g/mol. The zero-order valence-electron chi connectivity index (χ0n) is 12.8. The lowest BCUT2D eigenvalue weighted by Gasteiger charge is -2.11. The lowest BCUT2D eigenvalue weighted by molar-refractivity contribution is -0.119. The molecule has 2 rings (SSSR count). The lowest BCUT2D eigenvalue weighted by atomic mass is 10.2. The standard InChI is InChI=1S/C17H17BrN2O4/c18-12-4-3-5-13(10-12)20-16(22)11-24-17(23)14-6-1-2-7-15(14)19-8-9-21/h1-7,10,19,21H,8-9,11H2,(H,20,22). The molecule has 0 aliphatic carbocycles. The Labute approximate surface area is 148 Å². The number of para-hydroxylation sites is 1. The number of nitrogens with one attached hydrogen (secondary N) is 2. The van der Waals surface area contributed by atoms with Gasteiger partial charge in [0.2, 0.25) is 0 Å². The maximum atomic E-state index is 12.1. The summed E-state index contributed by atoms with van der Waals surface area (Å²) in [4.78, 5) is 24.0. The van der Waals surface area contributed by atoms with Gasteiger partial charge >= 0.3 is 5.97 Å². The molecule has 1 amide bonds. The number of hydrogen-bond donors (Lipinski definition) is 3. The summed E-state index contributed by atoms with van der Waals surface area (Å²) in [6.45, 7) is -0.133. The topological polar surface area (TPSA) is 87.7 Å². The minimum Gasteiger partial charge on any atom is -0.452 e. The number of carbonyl (C=O) groups excluding carboxylic acids is 2. The minimum atomic E-state index is -0.611. The summed E-state index contributed by atoms with van der Waals surface area (Å²) in [5.41, 5.74) is 1.46. The number of carbonyl (C=O) groups is 2. The molecule has 126 valence electrons. The minimum absolute atomic E-state index is 0.0571. The predicted molar refractivity (Wildman–Crippen MR) is 95.1 cm³/mol. The molecule has 0 fully saturated rings. The number of esters is 1.